The van der Waals surface area contributed by atoms with Crippen molar-refractivity contribution in [3.63, 3.8) is 0 Å². The molecule has 0 aromatic heterocycles. The summed E-state index contributed by atoms with van der Waals surface area (Å²) in [5, 5.41) is 0. The van der Waals surface area contributed by atoms with Crippen LogP contribution in [0.15, 0.2) is 54.6 Å². The molecule has 17 heavy (non-hydrogen) atoms. The molecule has 0 amide bonds. The monoisotopic (exact) mass is 244 g/mol. The zero-order valence-electron chi connectivity index (χ0n) is 9.30. The molecule has 0 bridgehead atoms. The standard InChI is InChI=1S/C14H13O2P/c15-14(16-13-4-2-1-3-5-13)12-8-6-11(10-17)7-9-12/h1-9H,10,17H2. The van der Waals surface area contributed by atoms with Crippen molar-refractivity contribution in [2.45, 2.75) is 6.16 Å². The smallest absolute Gasteiger partial charge is 0.343 e. The van der Waals surface area contributed by atoms with E-state index < -0.39 is 0 Å². The van der Waals surface area contributed by atoms with E-state index >= 15 is 0 Å². The topological polar surface area (TPSA) is 26.3 Å². The second-order valence-corrected chi connectivity index (χ2v) is 4.01. The third-order valence-electron chi connectivity index (χ3n) is 2.38. The van der Waals surface area contributed by atoms with Crippen LogP contribution in [0.25, 0.3) is 0 Å². The van der Waals surface area contributed by atoms with Gasteiger partial charge in [0.15, 0.2) is 0 Å². The first-order valence-electron chi connectivity index (χ1n) is 5.36. The quantitative estimate of drug-likeness (QED) is 0.470. The second-order valence-electron chi connectivity index (χ2n) is 3.60. The van der Waals surface area contributed by atoms with Gasteiger partial charge in [0.05, 0.1) is 5.56 Å². The van der Waals surface area contributed by atoms with Crippen molar-refractivity contribution < 1.29 is 9.53 Å². The van der Waals surface area contributed by atoms with Crippen molar-refractivity contribution in [3.05, 3.63) is 65.7 Å². The van der Waals surface area contributed by atoms with Gasteiger partial charge in [0.25, 0.3) is 0 Å². The molecule has 2 aromatic carbocycles. The number of carbonyl (C=O) groups is 1. The Morgan fingerprint density at radius 3 is 2.24 bits per heavy atom. The van der Waals surface area contributed by atoms with Crippen molar-refractivity contribution in [2.24, 2.45) is 0 Å². The third-order valence-corrected chi connectivity index (χ3v) is 2.85. The third kappa shape index (κ3) is 3.15. The van der Waals surface area contributed by atoms with Gasteiger partial charge < -0.3 is 4.74 Å². The van der Waals surface area contributed by atoms with Gasteiger partial charge in [-0.25, -0.2) is 4.79 Å². The Kier molecular flexibility index (Phi) is 3.89. The van der Waals surface area contributed by atoms with Crippen LogP contribution in [-0.2, 0) is 6.16 Å². The van der Waals surface area contributed by atoms with E-state index in [-0.39, 0.29) is 5.97 Å². The molecule has 0 N–H and O–H groups in total. The van der Waals surface area contributed by atoms with Crippen LogP contribution in [0.3, 0.4) is 0 Å². The average molecular weight is 244 g/mol. The second kappa shape index (κ2) is 5.60. The molecule has 2 nitrogen and oxygen atoms in total. The Balaban J connectivity index is 2.09. The maximum Gasteiger partial charge on any atom is 0.343 e. The minimum atomic E-state index is -0.327. The summed E-state index contributed by atoms with van der Waals surface area (Å²) in [6.07, 6.45) is 0.883. The number of hydrogen-bond acceptors (Lipinski definition) is 2. The molecule has 0 aliphatic heterocycles. The van der Waals surface area contributed by atoms with Gasteiger partial charge in [-0.2, -0.15) is 0 Å². The van der Waals surface area contributed by atoms with E-state index in [0.29, 0.717) is 11.3 Å². The summed E-state index contributed by atoms with van der Waals surface area (Å²) in [7, 11) is 2.65. The number of esters is 1. The Hall–Kier alpha value is -1.66. The molecule has 0 saturated carbocycles. The molecule has 0 radical (unpaired) electrons. The minimum Gasteiger partial charge on any atom is -0.423 e. The lowest BCUT2D eigenvalue weighted by atomic mass is 10.1. The number of ether oxygens (including phenoxy) is 1. The lowest BCUT2D eigenvalue weighted by Crippen LogP contribution is -2.08. The fraction of sp³-hybridized carbons (Fsp3) is 0.0714. The number of hydrogen-bond donors (Lipinski definition) is 0. The predicted molar refractivity (Wildman–Crippen MR) is 71.3 cm³/mol. The summed E-state index contributed by atoms with van der Waals surface area (Å²) in [6.45, 7) is 0. The lowest BCUT2D eigenvalue weighted by molar-refractivity contribution is 0.0735. The SMILES string of the molecule is O=C(Oc1ccccc1)c1ccc(CP)cc1. The number of rotatable bonds is 3. The van der Waals surface area contributed by atoms with E-state index in [4.69, 9.17) is 4.74 Å². The molecule has 1 atom stereocenters. The first-order chi connectivity index (χ1) is 8.29. The highest BCUT2D eigenvalue weighted by Gasteiger charge is 2.07. The molecular formula is C14H13O2P. The molecule has 0 spiro atoms. The van der Waals surface area contributed by atoms with Gasteiger partial charge in [0.2, 0.25) is 0 Å². The zero-order valence-corrected chi connectivity index (χ0v) is 10.5. The Morgan fingerprint density at radius 2 is 1.65 bits per heavy atom. The highest BCUT2D eigenvalue weighted by Crippen LogP contribution is 2.13. The van der Waals surface area contributed by atoms with Crippen molar-refractivity contribution in [3.8, 4) is 5.75 Å². The van der Waals surface area contributed by atoms with E-state index in [9.17, 15) is 4.79 Å². The summed E-state index contributed by atoms with van der Waals surface area (Å²) in [4.78, 5) is 11.8. The molecule has 0 aliphatic rings. The molecule has 1 unspecified atom stereocenters. The van der Waals surface area contributed by atoms with Gasteiger partial charge in [0, 0.05) is 0 Å². The normalized spacial score (nSPS) is 9.94. The summed E-state index contributed by atoms with van der Waals surface area (Å²) in [5.41, 5.74) is 1.74. The van der Waals surface area contributed by atoms with Gasteiger partial charge in [-0.15, -0.1) is 9.24 Å². The molecule has 0 saturated heterocycles. The maximum absolute atomic E-state index is 11.8. The molecule has 0 aliphatic carbocycles. The molecule has 86 valence electrons. The summed E-state index contributed by atoms with van der Waals surface area (Å²) < 4.78 is 5.23. The van der Waals surface area contributed by atoms with Gasteiger partial charge in [-0.3, -0.25) is 0 Å². The first-order valence-corrected chi connectivity index (χ1v) is 6.17. The number of carbonyl (C=O) groups excluding carboxylic acids is 1. The van der Waals surface area contributed by atoms with Crippen molar-refractivity contribution >= 4 is 15.2 Å². The highest BCUT2D eigenvalue weighted by molar-refractivity contribution is 7.15. The van der Waals surface area contributed by atoms with Crippen LogP contribution < -0.4 is 4.74 Å². The van der Waals surface area contributed by atoms with Gasteiger partial charge in [-0.05, 0) is 36.0 Å². The molecule has 0 heterocycles. The van der Waals surface area contributed by atoms with Crippen molar-refractivity contribution in [1.82, 2.24) is 0 Å². The lowest BCUT2D eigenvalue weighted by Gasteiger charge is -2.04. The fourth-order valence-corrected chi connectivity index (χ4v) is 1.70. The van der Waals surface area contributed by atoms with E-state index in [1.54, 1.807) is 24.3 Å². The van der Waals surface area contributed by atoms with Gasteiger partial charge >= 0.3 is 5.97 Å². The van der Waals surface area contributed by atoms with Crippen LogP contribution in [0.2, 0.25) is 0 Å². The van der Waals surface area contributed by atoms with Crippen LogP contribution >= 0.6 is 9.24 Å². The first kappa shape index (κ1) is 11.8. The maximum atomic E-state index is 11.8. The van der Waals surface area contributed by atoms with E-state index in [0.717, 1.165) is 6.16 Å². The summed E-state index contributed by atoms with van der Waals surface area (Å²) in [6, 6.07) is 16.5. The van der Waals surface area contributed by atoms with Crippen molar-refractivity contribution in [1.29, 1.82) is 0 Å². The molecule has 0 fully saturated rings. The van der Waals surface area contributed by atoms with Gasteiger partial charge in [-0.1, -0.05) is 30.3 Å². The Morgan fingerprint density at radius 1 is 1.00 bits per heavy atom. The number of benzene rings is 2. The molecule has 2 aromatic rings. The van der Waals surface area contributed by atoms with E-state index in [2.05, 4.69) is 9.24 Å². The van der Waals surface area contributed by atoms with Crippen LogP contribution in [-0.4, -0.2) is 5.97 Å². The Labute approximate surface area is 103 Å². The number of para-hydroxylation sites is 1. The highest BCUT2D eigenvalue weighted by atomic mass is 31.0. The Bertz CT molecular complexity index is 491. The van der Waals surface area contributed by atoms with Crippen LogP contribution in [0, 0.1) is 0 Å². The minimum absolute atomic E-state index is 0.327. The fourth-order valence-electron chi connectivity index (χ4n) is 1.43. The van der Waals surface area contributed by atoms with Crippen LogP contribution in [0.5, 0.6) is 5.75 Å². The average Bonchev–Trinajstić information content (AvgIpc) is 2.40. The van der Waals surface area contributed by atoms with Crippen LogP contribution in [0.1, 0.15) is 15.9 Å². The van der Waals surface area contributed by atoms with Crippen molar-refractivity contribution in [2.75, 3.05) is 0 Å². The van der Waals surface area contributed by atoms with E-state index in [1.807, 2.05) is 30.3 Å². The molecule has 3 heteroatoms. The van der Waals surface area contributed by atoms with Gasteiger partial charge in [0.1, 0.15) is 5.75 Å². The molecule has 2 rings (SSSR count). The largest absolute Gasteiger partial charge is 0.423 e. The summed E-state index contributed by atoms with van der Waals surface area (Å²) in [5.74, 6) is 0.235. The zero-order chi connectivity index (χ0) is 12.1. The van der Waals surface area contributed by atoms with Crippen LogP contribution in [0.4, 0.5) is 0 Å². The van der Waals surface area contributed by atoms with E-state index in [1.165, 1.54) is 5.56 Å². The summed E-state index contributed by atoms with van der Waals surface area (Å²) >= 11 is 0. The molecular weight excluding hydrogens is 231 g/mol. The predicted octanol–water partition coefficient (Wildman–Crippen LogP) is 3.28.